The van der Waals surface area contributed by atoms with E-state index in [-0.39, 0.29) is 12.0 Å². The molecule has 0 saturated heterocycles. The molecule has 0 aliphatic carbocycles. The number of ether oxygens (including phenoxy) is 1. The molecular weight excluding hydrogens is 342 g/mol. The third kappa shape index (κ3) is 3.57. The largest absolute Gasteiger partial charge is 0.419 e. The summed E-state index contributed by atoms with van der Waals surface area (Å²) in [5.74, 6) is 0.844. The van der Waals surface area contributed by atoms with Gasteiger partial charge in [-0.1, -0.05) is 52.3 Å². The van der Waals surface area contributed by atoms with Gasteiger partial charge in [0.15, 0.2) is 0 Å². The predicted octanol–water partition coefficient (Wildman–Crippen LogP) is 4.95. The van der Waals surface area contributed by atoms with Gasteiger partial charge in [0.25, 0.3) is 0 Å². The van der Waals surface area contributed by atoms with Crippen LogP contribution in [0, 0.1) is 0 Å². The SMILES string of the molecule is O=C(Oc1ccccc1)N1C=CC[C@@H](c2cccc(Br)c2)C1. The van der Waals surface area contributed by atoms with E-state index in [4.69, 9.17) is 4.74 Å². The lowest BCUT2D eigenvalue weighted by Gasteiger charge is -2.27. The molecule has 1 heterocycles. The fourth-order valence-electron chi connectivity index (χ4n) is 2.51. The van der Waals surface area contributed by atoms with Crippen LogP contribution < -0.4 is 4.74 Å². The van der Waals surface area contributed by atoms with Crippen molar-refractivity contribution in [1.82, 2.24) is 4.90 Å². The zero-order chi connectivity index (χ0) is 15.4. The Hall–Kier alpha value is -2.07. The Labute approximate surface area is 138 Å². The first kappa shape index (κ1) is 14.9. The number of benzene rings is 2. The number of rotatable bonds is 2. The van der Waals surface area contributed by atoms with Crippen molar-refractivity contribution in [2.24, 2.45) is 0 Å². The van der Waals surface area contributed by atoms with E-state index >= 15 is 0 Å². The Morgan fingerprint density at radius 1 is 1.14 bits per heavy atom. The van der Waals surface area contributed by atoms with E-state index in [1.54, 1.807) is 23.2 Å². The molecule has 1 aliphatic heterocycles. The highest BCUT2D eigenvalue weighted by atomic mass is 79.9. The van der Waals surface area contributed by atoms with Crippen LogP contribution in [0.3, 0.4) is 0 Å². The van der Waals surface area contributed by atoms with Gasteiger partial charge >= 0.3 is 6.09 Å². The molecule has 0 N–H and O–H groups in total. The first-order chi connectivity index (χ1) is 10.7. The van der Waals surface area contributed by atoms with Crippen molar-refractivity contribution in [2.45, 2.75) is 12.3 Å². The molecule has 0 saturated carbocycles. The smallest absolute Gasteiger partial charge is 0.410 e. The maximum absolute atomic E-state index is 12.3. The summed E-state index contributed by atoms with van der Waals surface area (Å²) in [5, 5.41) is 0. The Kier molecular flexibility index (Phi) is 4.59. The topological polar surface area (TPSA) is 29.5 Å². The van der Waals surface area contributed by atoms with Gasteiger partial charge in [0.2, 0.25) is 0 Å². The molecule has 0 fully saturated rings. The normalized spacial score (nSPS) is 17.3. The number of hydrogen-bond acceptors (Lipinski definition) is 2. The summed E-state index contributed by atoms with van der Waals surface area (Å²) in [4.78, 5) is 13.9. The lowest BCUT2D eigenvalue weighted by atomic mass is 9.93. The van der Waals surface area contributed by atoms with Crippen LogP contribution in [0.1, 0.15) is 17.9 Å². The molecule has 0 spiro atoms. The van der Waals surface area contributed by atoms with E-state index in [1.165, 1.54) is 5.56 Å². The lowest BCUT2D eigenvalue weighted by molar-refractivity contribution is 0.165. The number of allylic oxidation sites excluding steroid dienone is 1. The molecule has 1 atom stereocenters. The molecule has 2 aromatic rings. The lowest BCUT2D eigenvalue weighted by Crippen LogP contribution is -2.34. The van der Waals surface area contributed by atoms with Crippen molar-refractivity contribution < 1.29 is 9.53 Å². The maximum atomic E-state index is 12.3. The van der Waals surface area contributed by atoms with E-state index in [0.29, 0.717) is 12.3 Å². The summed E-state index contributed by atoms with van der Waals surface area (Å²) in [7, 11) is 0. The second-order valence-electron chi connectivity index (χ2n) is 5.21. The second kappa shape index (κ2) is 6.79. The molecule has 0 unspecified atom stereocenters. The number of para-hydroxylation sites is 1. The van der Waals surface area contributed by atoms with Crippen LogP contribution in [0.5, 0.6) is 5.75 Å². The molecule has 3 rings (SSSR count). The maximum Gasteiger partial charge on any atom is 0.419 e. The number of carbonyl (C=O) groups excluding carboxylic acids is 1. The molecule has 3 nitrogen and oxygen atoms in total. The van der Waals surface area contributed by atoms with E-state index in [9.17, 15) is 4.79 Å². The minimum Gasteiger partial charge on any atom is -0.410 e. The Bertz CT molecular complexity index is 684. The minimum atomic E-state index is -0.345. The second-order valence-corrected chi connectivity index (χ2v) is 6.12. The van der Waals surface area contributed by atoms with E-state index in [0.717, 1.165) is 10.9 Å². The van der Waals surface area contributed by atoms with Crippen molar-refractivity contribution in [3.63, 3.8) is 0 Å². The van der Waals surface area contributed by atoms with Crippen LogP contribution in [0.15, 0.2) is 71.3 Å². The van der Waals surface area contributed by atoms with Crippen LogP contribution >= 0.6 is 15.9 Å². The zero-order valence-electron chi connectivity index (χ0n) is 12.0. The molecule has 1 aliphatic rings. The summed E-state index contributed by atoms with van der Waals surface area (Å²) in [6.45, 7) is 0.624. The summed E-state index contributed by atoms with van der Waals surface area (Å²) in [6, 6.07) is 17.3. The third-order valence-electron chi connectivity index (χ3n) is 3.63. The van der Waals surface area contributed by atoms with Crippen molar-refractivity contribution >= 4 is 22.0 Å². The van der Waals surface area contributed by atoms with Gasteiger partial charge in [-0.05, 0) is 36.2 Å². The molecule has 2 aromatic carbocycles. The van der Waals surface area contributed by atoms with Crippen molar-refractivity contribution in [3.8, 4) is 5.75 Å². The third-order valence-corrected chi connectivity index (χ3v) is 4.12. The number of hydrogen-bond donors (Lipinski definition) is 0. The standard InChI is InChI=1S/C18H16BrNO2/c19-16-8-4-6-14(12-16)15-7-5-11-20(13-15)18(21)22-17-9-2-1-3-10-17/h1-6,8-12,15H,7,13H2/t15-/m1/s1. The van der Waals surface area contributed by atoms with Gasteiger partial charge in [-0.25, -0.2) is 4.79 Å². The average molecular weight is 358 g/mol. The quantitative estimate of drug-likeness (QED) is 0.760. The first-order valence-corrected chi connectivity index (χ1v) is 7.97. The summed E-state index contributed by atoms with van der Waals surface area (Å²) in [5.41, 5.74) is 1.22. The zero-order valence-corrected chi connectivity index (χ0v) is 13.6. The van der Waals surface area contributed by atoms with Crippen LogP contribution in [0.4, 0.5) is 4.79 Å². The highest BCUT2D eigenvalue weighted by molar-refractivity contribution is 9.10. The molecular formula is C18H16BrNO2. The van der Waals surface area contributed by atoms with Gasteiger partial charge < -0.3 is 4.74 Å². The van der Waals surface area contributed by atoms with Crippen LogP contribution in [-0.4, -0.2) is 17.5 Å². The number of amides is 1. The minimum absolute atomic E-state index is 0.283. The average Bonchev–Trinajstić information content (AvgIpc) is 2.56. The number of carbonyl (C=O) groups is 1. The van der Waals surface area contributed by atoms with Gasteiger partial charge in [0, 0.05) is 23.1 Å². The van der Waals surface area contributed by atoms with Gasteiger partial charge in [-0.3, -0.25) is 4.90 Å². The van der Waals surface area contributed by atoms with Crippen molar-refractivity contribution in [1.29, 1.82) is 0 Å². The van der Waals surface area contributed by atoms with Crippen LogP contribution in [0.25, 0.3) is 0 Å². The van der Waals surface area contributed by atoms with E-state index in [1.807, 2.05) is 36.4 Å². The monoisotopic (exact) mass is 357 g/mol. The van der Waals surface area contributed by atoms with E-state index in [2.05, 4.69) is 28.1 Å². The molecule has 0 radical (unpaired) electrons. The van der Waals surface area contributed by atoms with Gasteiger partial charge in [0.1, 0.15) is 5.75 Å². The summed E-state index contributed by atoms with van der Waals surface area (Å²) in [6.07, 6.45) is 4.40. The molecule has 0 bridgehead atoms. The molecule has 112 valence electrons. The number of halogens is 1. The van der Waals surface area contributed by atoms with Gasteiger partial charge in [-0.2, -0.15) is 0 Å². The fourth-order valence-corrected chi connectivity index (χ4v) is 2.93. The Balaban J connectivity index is 1.69. The highest BCUT2D eigenvalue weighted by Gasteiger charge is 2.23. The molecule has 0 aromatic heterocycles. The predicted molar refractivity (Wildman–Crippen MR) is 89.8 cm³/mol. The summed E-state index contributed by atoms with van der Waals surface area (Å²) < 4.78 is 6.44. The molecule has 1 amide bonds. The van der Waals surface area contributed by atoms with Gasteiger partial charge in [0.05, 0.1) is 0 Å². The Morgan fingerprint density at radius 2 is 1.95 bits per heavy atom. The van der Waals surface area contributed by atoms with E-state index < -0.39 is 0 Å². The summed E-state index contributed by atoms with van der Waals surface area (Å²) >= 11 is 3.49. The number of nitrogens with zero attached hydrogens (tertiary/aromatic N) is 1. The molecule has 22 heavy (non-hydrogen) atoms. The van der Waals surface area contributed by atoms with Crippen molar-refractivity contribution in [2.75, 3.05) is 6.54 Å². The first-order valence-electron chi connectivity index (χ1n) is 7.18. The fraction of sp³-hybridized carbons (Fsp3) is 0.167. The highest BCUT2D eigenvalue weighted by Crippen LogP contribution is 2.27. The van der Waals surface area contributed by atoms with Crippen molar-refractivity contribution in [3.05, 3.63) is 76.9 Å². The molecule has 4 heteroatoms. The van der Waals surface area contributed by atoms with Crippen LogP contribution in [-0.2, 0) is 0 Å². The van der Waals surface area contributed by atoms with Crippen LogP contribution in [0.2, 0.25) is 0 Å². The Morgan fingerprint density at radius 3 is 2.73 bits per heavy atom. The van der Waals surface area contributed by atoms with Gasteiger partial charge in [-0.15, -0.1) is 0 Å².